The predicted molar refractivity (Wildman–Crippen MR) is 167 cm³/mol. The predicted octanol–water partition coefficient (Wildman–Crippen LogP) is -5.45. The van der Waals surface area contributed by atoms with Gasteiger partial charge in [0.05, 0.1) is 34.2 Å². The fraction of sp³-hybridized carbons (Fsp3) is 0.679. The molecule has 0 aliphatic carbocycles. The van der Waals surface area contributed by atoms with E-state index in [4.69, 9.17) is 21.3 Å². The van der Waals surface area contributed by atoms with Crippen molar-refractivity contribution in [2.75, 3.05) is 58.9 Å². The topological polar surface area (TPSA) is 259 Å². The van der Waals surface area contributed by atoms with Gasteiger partial charge in [0.15, 0.2) is 13.2 Å². The Morgan fingerprint density at radius 2 is 1.04 bits per heavy atom. The number of aliphatic carboxylic acids is 1. The Labute approximate surface area is 425 Å². The van der Waals surface area contributed by atoms with Crippen LogP contribution >= 0.6 is 15.9 Å². The van der Waals surface area contributed by atoms with E-state index in [0.717, 1.165) is 0 Å². The van der Waals surface area contributed by atoms with Crippen molar-refractivity contribution < 1.29 is 227 Å². The third-order valence-corrected chi connectivity index (χ3v) is 5.03. The van der Waals surface area contributed by atoms with Gasteiger partial charge in [-0.05, 0) is 43.6 Å². The third-order valence-electron chi connectivity index (χ3n) is 4.80. The molecule has 0 rings (SSSR count). The first-order valence-electron chi connectivity index (χ1n) is 14.9. The molecule has 0 unspecified atom stereocenters. The van der Waals surface area contributed by atoms with Crippen LogP contribution < -0.4 is 143 Å². The summed E-state index contributed by atoms with van der Waals surface area (Å²) in [5.74, 6) is -4.47. The maximum absolute atomic E-state index is 11.6. The van der Waals surface area contributed by atoms with Crippen molar-refractivity contribution in [3.63, 3.8) is 0 Å². The van der Waals surface area contributed by atoms with Crippen molar-refractivity contribution in [2.45, 2.75) is 67.2 Å². The number of carboxylic acids is 1. The number of amides is 2. The molecule has 288 valence electrons. The van der Waals surface area contributed by atoms with Crippen LogP contribution in [0.1, 0.15) is 70.0 Å². The molecule has 0 saturated heterocycles. The van der Waals surface area contributed by atoms with Gasteiger partial charge in [-0.3, -0.25) is 47.5 Å². The fourth-order valence-corrected chi connectivity index (χ4v) is 2.83. The maximum atomic E-state index is 11.6. The summed E-state index contributed by atoms with van der Waals surface area (Å²) >= 11 is 2.91. The molecule has 0 aromatic carbocycles. The van der Waals surface area contributed by atoms with E-state index in [1.807, 2.05) is 27.7 Å². The number of halogens is 2. The van der Waals surface area contributed by atoms with Crippen LogP contribution in [0.15, 0.2) is 0 Å². The van der Waals surface area contributed by atoms with Crippen molar-refractivity contribution in [1.82, 2.24) is 9.80 Å². The molecule has 0 radical (unpaired) electrons. The molecule has 0 saturated carbocycles. The second kappa shape index (κ2) is 49.7. The van der Waals surface area contributed by atoms with Crippen LogP contribution in [0.4, 0.5) is 4.39 Å². The molecule has 0 aromatic rings. The molecule has 0 aliphatic rings. The molecule has 0 atom stereocenters. The number of nitrogens with zero attached hydrogens (tertiary/aromatic N) is 2. The van der Waals surface area contributed by atoms with Gasteiger partial charge in [0.25, 0.3) is 18.3 Å². The van der Waals surface area contributed by atoms with Gasteiger partial charge in [0, 0.05) is 40.0 Å². The zero-order chi connectivity index (χ0) is 39.9. The first kappa shape index (κ1) is 62.7. The molecular formula is C28H48BrCs2FN2O17. The summed E-state index contributed by atoms with van der Waals surface area (Å²) in [5, 5.41) is 16.8. The van der Waals surface area contributed by atoms with Crippen LogP contribution in [-0.4, -0.2) is 128 Å². The summed E-state index contributed by atoms with van der Waals surface area (Å²) in [6.45, 7) is 10.7. The Balaban J connectivity index is -0.0000000929. The Kier molecular flexibility index (Phi) is 61.1. The average molecular weight is 1050 g/mol. The van der Waals surface area contributed by atoms with Crippen molar-refractivity contribution in [2.24, 2.45) is 0 Å². The Morgan fingerprint density at radius 1 is 0.725 bits per heavy atom. The first-order chi connectivity index (χ1) is 23.5. The Morgan fingerprint density at radius 3 is 1.27 bits per heavy atom. The van der Waals surface area contributed by atoms with Crippen LogP contribution in [0.25, 0.3) is 0 Å². The van der Waals surface area contributed by atoms with Crippen molar-refractivity contribution in [1.29, 1.82) is 0 Å². The van der Waals surface area contributed by atoms with E-state index in [1.54, 1.807) is 0 Å². The number of alkyl halides is 2. The molecule has 19 nitrogen and oxygen atoms in total. The monoisotopic (exact) mass is 1050 g/mol. The van der Waals surface area contributed by atoms with Gasteiger partial charge < -0.3 is 50.2 Å². The Hall–Kier alpha value is -0.296. The number of likely N-dealkylation sites (N-methyl/N-ethyl adjacent to an activating group) is 2. The largest absolute Gasteiger partial charge is 1.00 e. The van der Waals surface area contributed by atoms with Crippen LogP contribution in [0.2, 0.25) is 0 Å². The molecule has 0 fully saturated rings. The second-order valence-corrected chi connectivity index (χ2v) is 8.51. The maximum Gasteiger partial charge on any atom is 1.00 e. The van der Waals surface area contributed by atoms with Gasteiger partial charge in [-0.1, -0.05) is 0 Å². The van der Waals surface area contributed by atoms with E-state index < -0.39 is 43.8 Å². The quantitative estimate of drug-likeness (QED) is 0.0256. The molecule has 0 bridgehead atoms. The number of esters is 5. The summed E-state index contributed by atoms with van der Waals surface area (Å²) in [5.41, 5.74) is 0.294. The van der Waals surface area contributed by atoms with Crippen molar-refractivity contribution in [3.05, 3.63) is 0 Å². The minimum absolute atomic E-state index is 0. The summed E-state index contributed by atoms with van der Waals surface area (Å²) in [7, 11) is -1.00. The third kappa shape index (κ3) is 54.1. The summed E-state index contributed by atoms with van der Waals surface area (Å²) in [6, 6.07) is 0. The fourth-order valence-electron chi connectivity index (χ4n) is 2.50. The van der Waals surface area contributed by atoms with E-state index >= 15 is 0 Å². The van der Waals surface area contributed by atoms with E-state index in [9.17, 15) is 42.7 Å². The number of hydrogen-bond donors (Lipinski definition) is 1. The standard InChI is InChI=1S/C13H21NO7.C10H17NO5.C3H5BrO2.CH3F.CH2O3.2Cs.H/c1-4-14(5-2)11(16)8-19-12(17)6-7-13(18)21-9-20-10(3)15;1-3-11(4-2)8(12)7-16-10(15)6-5-9(13)14;1-3(5)6-2-4;1-2;2-1-4-3;;;/h4-9H2,1-3H3;3-7H2,1-2H3,(H,13,14);2H2,1H3;1H3;1,3H;;;/q;;;;;2*+1;-1/p-1/i;;;1D;;;;. The zero-order valence-corrected chi connectivity index (χ0v) is 44.5. The molecule has 0 spiro atoms. The van der Waals surface area contributed by atoms with Crippen molar-refractivity contribution >= 4 is 70.0 Å². The minimum atomic E-state index is -1.06. The first-order valence-corrected chi connectivity index (χ1v) is 15.3. The van der Waals surface area contributed by atoms with E-state index in [2.05, 4.69) is 39.8 Å². The van der Waals surface area contributed by atoms with Crippen LogP contribution in [0.3, 0.4) is 0 Å². The number of carboxylic acid groups (broad SMARTS) is 1. The number of carbonyl (C=O) groups excluding carboxylic acids is 8. The summed E-state index contributed by atoms with van der Waals surface area (Å²) in [6.07, 6.45) is -0.900. The van der Waals surface area contributed by atoms with Gasteiger partial charge >= 0.3 is 174 Å². The number of hydrogen-bond acceptors (Lipinski definition) is 16. The molecule has 0 heterocycles. The number of ether oxygens (including phenoxy) is 5. The Bertz CT molecular complexity index is 1000. The van der Waals surface area contributed by atoms with Crippen molar-refractivity contribution in [3.8, 4) is 0 Å². The minimum Gasteiger partial charge on any atom is -1.00 e. The number of carbonyl (C=O) groups is 9. The average Bonchev–Trinajstić information content (AvgIpc) is 3.06. The zero-order valence-electron chi connectivity index (χ0n) is 32.4. The molecule has 51 heavy (non-hydrogen) atoms. The molecular weight excluding hydrogens is 1000 g/mol. The smallest absolute Gasteiger partial charge is 1.00 e. The van der Waals surface area contributed by atoms with Crippen LogP contribution in [-0.2, 0) is 71.7 Å². The summed E-state index contributed by atoms with van der Waals surface area (Å²) < 4.78 is 38.2. The molecule has 0 aliphatic heterocycles. The summed E-state index contributed by atoms with van der Waals surface area (Å²) in [4.78, 5) is 101. The van der Waals surface area contributed by atoms with E-state index in [-0.39, 0.29) is 202 Å². The van der Waals surface area contributed by atoms with Gasteiger partial charge in [-0.25, -0.2) is 0 Å². The normalized spacial score (nSPS) is 8.69. The molecule has 1 N–H and O–H groups in total. The number of rotatable bonds is 18. The van der Waals surface area contributed by atoms with E-state index in [1.165, 1.54) is 23.6 Å². The molecule has 0 aromatic heterocycles. The molecule has 23 heteroatoms. The van der Waals surface area contributed by atoms with Crippen LogP contribution in [0, 0.1) is 0 Å². The van der Waals surface area contributed by atoms with Gasteiger partial charge in [-0.15, -0.1) is 0 Å². The SMILES string of the molecule is CC(=O)OCBr.CCN(CC)C(=O)COC(=O)CCC(=O)O.CCN(CC)C(=O)COC(=O)CCC(=O)OCOC(C)=O.O=CO[O-].[2H]CF.[Cs+].[Cs+].[H-]. The van der Waals surface area contributed by atoms with Crippen LogP contribution in [0.5, 0.6) is 0 Å². The van der Waals surface area contributed by atoms with Gasteiger partial charge in [0.1, 0.15) is 5.52 Å². The van der Waals surface area contributed by atoms with Gasteiger partial charge in [-0.2, -0.15) is 0 Å². The second-order valence-electron chi connectivity index (χ2n) is 8.05. The van der Waals surface area contributed by atoms with Gasteiger partial charge in [0.2, 0.25) is 6.79 Å². The van der Waals surface area contributed by atoms with E-state index in [0.29, 0.717) is 31.7 Å². The molecule has 2 amide bonds.